The second-order valence-corrected chi connectivity index (χ2v) is 7.82. The average Bonchev–Trinajstić information content (AvgIpc) is 3.55. The first kappa shape index (κ1) is 20.2. The van der Waals surface area contributed by atoms with Gasteiger partial charge in [-0.1, -0.05) is 6.08 Å². The number of methoxy groups -OCH3 is 1. The number of likely N-dealkylation sites (tertiary alicyclic amines) is 1. The van der Waals surface area contributed by atoms with E-state index in [0.29, 0.717) is 37.1 Å². The Hall–Kier alpha value is -3.13. The standard InChI is InChI=1S/C22H27N5O3/c1-30-20-10-16(6-8-24-20)17-9-19(22(29)25-11-17)27(12-15-4-5-15)18-13-26(14-18)21(28)3-2-7-23/h2-3,6,8-11,15,18H,4-5,7,12-14,23H2,1H3,(H,25,29)/b3-2+. The number of carbonyl (C=O) groups is 1. The average molecular weight is 409 g/mol. The van der Waals surface area contributed by atoms with E-state index in [1.807, 2.05) is 18.2 Å². The molecular formula is C22H27N5O3. The number of amides is 1. The molecule has 1 saturated carbocycles. The van der Waals surface area contributed by atoms with Crippen LogP contribution in [0.2, 0.25) is 0 Å². The molecule has 0 spiro atoms. The van der Waals surface area contributed by atoms with E-state index < -0.39 is 0 Å². The number of rotatable bonds is 8. The Bertz CT molecular complexity index is 992. The summed E-state index contributed by atoms with van der Waals surface area (Å²) < 4.78 is 5.22. The summed E-state index contributed by atoms with van der Waals surface area (Å²) in [6.07, 6.45) is 8.95. The lowest BCUT2D eigenvalue weighted by molar-refractivity contribution is -0.130. The fourth-order valence-electron chi connectivity index (χ4n) is 3.68. The molecular weight excluding hydrogens is 382 g/mol. The van der Waals surface area contributed by atoms with E-state index in [4.69, 9.17) is 10.5 Å². The van der Waals surface area contributed by atoms with E-state index in [0.717, 1.165) is 17.7 Å². The van der Waals surface area contributed by atoms with Gasteiger partial charge in [0.1, 0.15) is 5.69 Å². The number of nitrogens with two attached hydrogens (primary N) is 1. The van der Waals surface area contributed by atoms with Crippen LogP contribution < -0.4 is 20.9 Å². The van der Waals surface area contributed by atoms with Gasteiger partial charge < -0.3 is 25.3 Å². The van der Waals surface area contributed by atoms with Gasteiger partial charge >= 0.3 is 0 Å². The van der Waals surface area contributed by atoms with Crippen molar-refractivity contribution in [2.45, 2.75) is 18.9 Å². The molecule has 0 radical (unpaired) electrons. The first-order chi connectivity index (χ1) is 14.6. The maximum atomic E-state index is 12.7. The van der Waals surface area contributed by atoms with Gasteiger partial charge in [-0.15, -0.1) is 0 Å². The number of hydrogen-bond donors (Lipinski definition) is 2. The van der Waals surface area contributed by atoms with Crippen LogP contribution in [0.1, 0.15) is 12.8 Å². The third-order valence-corrected chi connectivity index (χ3v) is 5.63. The number of pyridine rings is 2. The number of anilines is 1. The molecule has 30 heavy (non-hydrogen) atoms. The molecule has 1 saturated heterocycles. The second kappa shape index (κ2) is 8.71. The molecule has 3 N–H and O–H groups in total. The monoisotopic (exact) mass is 409 g/mol. The molecule has 0 bridgehead atoms. The Labute approximate surface area is 175 Å². The number of hydrogen-bond acceptors (Lipinski definition) is 6. The van der Waals surface area contributed by atoms with Crippen molar-refractivity contribution < 1.29 is 9.53 Å². The number of carbonyl (C=O) groups excluding carboxylic acids is 1. The number of ether oxygens (including phenoxy) is 1. The quantitative estimate of drug-likeness (QED) is 0.639. The van der Waals surface area contributed by atoms with Crippen molar-refractivity contribution in [3.8, 4) is 17.0 Å². The van der Waals surface area contributed by atoms with E-state index >= 15 is 0 Å². The smallest absolute Gasteiger partial charge is 0.271 e. The van der Waals surface area contributed by atoms with Crippen molar-refractivity contribution in [2.24, 2.45) is 11.7 Å². The van der Waals surface area contributed by atoms with Crippen LogP contribution in [0.5, 0.6) is 5.88 Å². The van der Waals surface area contributed by atoms with Gasteiger partial charge in [0.15, 0.2) is 0 Å². The van der Waals surface area contributed by atoms with Crippen molar-refractivity contribution in [1.29, 1.82) is 0 Å². The lowest BCUT2D eigenvalue weighted by atomic mass is 10.0. The molecule has 0 atom stereocenters. The van der Waals surface area contributed by atoms with Gasteiger partial charge in [-0.2, -0.15) is 0 Å². The van der Waals surface area contributed by atoms with Crippen LogP contribution >= 0.6 is 0 Å². The number of nitrogens with one attached hydrogen (secondary N) is 1. The van der Waals surface area contributed by atoms with Gasteiger partial charge in [-0.05, 0) is 36.5 Å². The van der Waals surface area contributed by atoms with E-state index in [2.05, 4.69) is 14.9 Å². The Kier molecular flexibility index (Phi) is 5.85. The Morgan fingerprint density at radius 2 is 2.17 bits per heavy atom. The van der Waals surface area contributed by atoms with Crippen LogP contribution in [0.3, 0.4) is 0 Å². The Morgan fingerprint density at radius 1 is 1.37 bits per heavy atom. The molecule has 2 aromatic rings. The second-order valence-electron chi connectivity index (χ2n) is 7.82. The summed E-state index contributed by atoms with van der Waals surface area (Å²) in [7, 11) is 1.58. The minimum Gasteiger partial charge on any atom is -0.481 e. The third-order valence-electron chi connectivity index (χ3n) is 5.63. The highest BCUT2D eigenvalue weighted by Crippen LogP contribution is 2.34. The molecule has 2 aromatic heterocycles. The highest BCUT2D eigenvalue weighted by atomic mass is 16.5. The number of nitrogens with zero attached hydrogens (tertiary/aromatic N) is 3. The molecule has 4 rings (SSSR count). The van der Waals surface area contributed by atoms with Gasteiger partial charge in [-0.25, -0.2) is 4.98 Å². The van der Waals surface area contributed by atoms with Crippen LogP contribution in [0.15, 0.2) is 47.5 Å². The maximum Gasteiger partial charge on any atom is 0.271 e. The lowest BCUT2D eigenvalue weighted by Gasteiger charge is -2.46. The summed E-state index contributed by atoms with van der Waals surface area (Å²) in [6.45, 7) is 2.39. The van der Waals surface area contributed by atoms with Gasteiger partial charge in [-0.3, -0.25) is 9.59 Å². The molecule has 158 valence electrons. The molecule has 8 nitrogen and oxygen atoms in total. The molecule has 8 heteroatoms. The SMILES string of the molecule is COc1cc(-c2c[nH]c(=O)c(N(CC3CC3)C3CN(C(=O)/C=C/CN)C3)c2)ccn1. The predicted molar refractivity (Wildman–Crippen MR) is 115 cm³/mol. The predicted octanol–water partition coefficient (Wildman–Crippen LogP) is 1.39. The Morgan fingerprint density at radius 3 is 2.87 bits per heavy atom. The lowest BCUT2D eigenvalue weighted by Crippen LogP contribution is -2.62. The minimum atomic E-state index is -0.117. The molecule has 1 aliphatic heterocycles. The fraction of sp³-hybridized carbons (Fsp3) is 0.409. The number of aromatic amines is 1. The zero-order chi connectivity index (χ0) is 21.1. The summed E-state index contributed by atoms with van der Waals surface area (Å²) >= 11 is 0. The van der Waals surface area contributed by atoms with Crippen LogP contribution in [0.25, 0.3) is 11.1 Å². The molecule has 0 aromatic carbocycles. The van der Waals surface area contributed by atoms with E-state index in [-0.39, 0.29) is 17.5 Å². The zero-order valence-electron chi connectivity index (χ0n) is 17.1. The van der Waals surface area contributed by atoms with Crippen molar-refractivity contribution in [2.75, 3.05) is 38.2 Å². The summed E-state index contributed by atoms with van der Waals surface area (Å²) in [5.74, 6) is 1.10. The van der Waals surface area contributed by atoms with Gasteiger partial charge in [0.2, 0.25) is 11.8 Å². The number of H-pyrrole nitrogens is 1. The molecule has 0 unspecified atom stereocenters. The Balaban J connectivity index is 1.58. The van der Waals surface area contributed by atoms with E-state index in [9.17, 15) is 9.59 Å². The summed E-state index contributed by atoms with van der Waals surface area (Å²) in [4.78, 5) is 35.9. The summed E-state index contributed by atoms with van der Waals surface area (Å²) in [6, 6.07) is 5.79. The van der Waals surface area contributed by atoms with Crippen LogP contribution in [-0.2, 0) is 4.79 Å². The topological polar surface area (TPSA) is 105 Å². The largest absolute Gasteiger partial charge is 0.481 e. The van der Waals surface area contributed by atoms with Crippen LogP contribution in [0.4, 0.5) is 5.69 Å². The fourth-order valence-corrected chi connectivity index (χ4v) is 3.68. The minimum absolute atomic E-state index is 0.0328. The molecule has 2 aliphatic rings. The zero-order valence-corrected chi connectivity index (χ0v) is 17.1. The first-order valence-corrected chi connectivity index (χ1v) is 10.2. The van der Waals surface area contributed by atoms with Gasteiger partial charge in [0, 0.05) is 56.3 Å². The van der Waals surface area contributed by atoms with Crippen molar-refractivity contribution in [3.05, 3.63) is 53.1 Å². The van der Waals surface area contributed by atoms with Crippen molar-refractivity contribution >= 4 is 11.6 Å². The molecule has 2 fully saturated rings. The highest BCUT2D eigenvalue weighted by Gasteiger charge is 2.37. The summed E-state index contributed by atoms with van der Waals surface area (Å²) in [5.41, 5.74) is 7.77. The van der Waals surface area contributed by atoms with Crippen LogP contribution in [-0.4, -0.2) is 60.1 Å². The molecule has 1 aliphatic carbocycles. The van der Waals surface area contributed by atoms with E-state index in [1.165, 1.54) is 18.9 Å². The van der Waals surface area contributed by atoms with E-state index in [1.54, 1.807) is 30.5 Å². The first-order valence-electron chi connectivity index (χ1n) is 10.2. The third kappa shape index (κ3) is 4.38. The summed E-state index contributed by atoms with van der Waals surface area (Å²) in [5, 5.41) is 0. The van der Waals surface area contributed by atoms with Gasteiger partial charge in [0.25, 0.3) is 5.56 Å². The van der Waals surface area contributed by atoms with Crippen molar-refractivity contribution in [3.63, 3.8) is 0 Å². The van der Waals surface area contributed by atoms with Crippen LogP contribution in [0, 0.1) is 5.92 Å². The maximum absolute atomic E-state index is 12.7. The van der Waals surface area contributed by atoms with Gasteiger partial charge in [0.05, 0.1) is 13.2 Å². The molecule has 1 amide bonds. The number of aromatic nitrogens is 2. The highest BCUT2D eigenvalue weighted by molar-refractivity contribution is 5.88. The molecule has 3 heterocycles. The van der Waals surface area contributed by atoms with Crippen molar-refractivity contribution in [1.82, 2.24) is 14.9 Å². The normalized spacial score (nSPS) is 16.5.